The van der Waals surface area contributed by atoms with Gasteiger partial charge in [0.2, 0.25) is 0 Å². The Morgan fingerprint density at radius 3 is 2.93 bits per heavy atom. The summed E-state index contributed by atoms with van der Waals surface area (Å²) in [6, 6.07) is 1.44. The third-order valence-electron chi connectivity index (χ3n) is 2.00. The van der Waals surface area contributed by atoms with Crippen LogP contribution in [0.25, 0.3) is 0 Å². The molecule has 1 fully saturated rings. The molecule has 1 aromatic rings. The van der Waals surface area contributed by atoms with Crippen LogP contribution < -0.4 is 5.32 Å². The molecule has 14 heavy (non-hydrogen) atoms. The van der Waals surface area contributed by atoms with E-state index in [4.69, 9.17) is 0 Å². The predicted molar refractivity (Wildman–Crippen MR) is 44.0 cm³/mol. The van der Waals surface area contributed by atoms with Crippen molar-refractivity contribution in [2.45, 2.75) is 25.4 Å². The summed E-state index contributed by atoms with van der Waals surface area (Å²) in [4.78, 5) is 11.4. The molecule has 76 valence electrons. The van der Waals surface area contributed by atoms with Gasteiger partial charge in [-0.15, -0.1) is 0 Å². The quantitative estimate of drug-likeness (QED) is 0.797. The third kappa shape index (κ3) is 1.73. The number of amides is 1. The molecule has 0 bridgehead atoms. The molecule has 0 saturated heterocycles. The maximum absolute atomic E-state index is 12.3. The van der Waals surface area contributed by atoms with E-state index in [0.29, 0.717) is 4.68 Å². The summed E-state index contributed by atoms with van der Waals surface area (Å²) in [6.07, 6.45) is 3.04. The highest BCUT2D eigenvalue weighted by Crippen LogP contribution is 2.20. The Morgan fingerprint density at radius 2 is 2.36 bits per heavy atom. The summed E-state index contributed by atoms with van der Waals surface area (Å²) in [6.45, 7) is -2.77. The second-order valence-corrected chi connectivity index (χ2v) is 3.19. The second kappa shape index (κ2) is 3.36. The average molecular weight is 201 g/mol. The summed E-state index contributed by atoms with van der Waals surface area (Å²) in [5.74, 6) is -0.481. The van der Waals surface area contributed by atoms with E-state index >= 15 is 0 Å². The number of rotatable bonds is 3. The summed E-state index contributed by atoms with van der Waals surface area (Å²) in [7, 11) is 0. The molecule has 1 saturated carbocycles. The fourth-order valence-electron chi connectivity index (χ4n) is 1.14. The molecule has 4 nitrogen and oxygen atoms in total. The van der Waals surface area contributed by atoms with Crippen molar-refractivity contribution >= 4 is 5.91 Å². The molecule has 0 aromatic carbocycles. The van der Waals surface area contributed by atoms with Crippen molar-refractivity contribution < 1.29 is 13.6 Å². The second-order valence-electron chi connectivity index (χ2n) is 3.19. The molecule has 6 heteroatoms. The molecule has 1 heterocycles. The van der Waals surface area contributed by atoms with Gasteiger partial charge in [0, 0.05) is 12.2 Å². The van der Waals surface area contributed by atoms with Crippen molar-refractivity contribution in [1.82, 2.24) is 15.1 Å². The SMILES string of the molecule is O=C(NC1CC1)c1ccnn1C(F)F. The van der Waals surface area contributed by atoms with E-state index in [1.807, 2.05) is 0 Å². The molecule has 1 aliphatic carbocycles. The van der Waals surface area contributed by atoms with Gasteiger partial charge in [-0.2, -0.15) is 18.6 Å². The third-order valence-corrected chi connectivity index (χ3v) is 2.00. The number of nitrogens with one attached hydrogen (secondary N) is 1. The lowest BCUT2D eigenvalue weighted by Crippen LogP contribution is -2.28. The van der Waals surface area contributed by atoms with Crippen molar-refractivity contribution in [3.8, 4) is 0 Å². The van der Waals surface area contributed by atoms with E-state index in [2.05, 4.69) is 10.4 Å². The van der Waals surface area contributed by atoms with Gasteiger partial charge in [0.05, 0.1) is 0 Å². The number of alkyl halides is 2. The largest absolute Gasteiger partial charge is 0.348 e. The Morgan fingerprint density at radius 1 is 1.64 bits per heavy atom. The van der Waals surface area contributed by atoms with Crippen LogP contribution in [-0.2, 0) is 0 Å². The minimum atomic E-state index is -2.77. The molecule has 0 unspecified atom stereocenters. The standard InChI is InChI=1S/C8H9F2N3O/c9-8(10)13-6(3-4-11-13)7(14)12-5-1-2-5/h3-5,8H,1-2H2,(H,12,14). The van der Waals surface area contributed by atoms with Crippen LogP contribution in [0.3, 0.4) is 0 Å². The van der Waals surface area contributed by atoms with Gasteiger partial charge in [0.25, 0.3) is 5.91 Å². The average Bonchev–Trinajstić information content (AvgIpc) is 2.81. The highest BCUT2D eigenvalue weighted by molar-refractivity contribution is 5.92. The number of carbonyl (C=O) groups excluding carboxylic acids is 1. The van der Waals surface area contributed by atoms with Gasteiger partial charge in [0.1, 0.15) is 5.69 Å². The first kappa shape index (κ1) is 9.11. The lowest BCUT2D eigenvalue weighted by molar-refractivity contribution is 0.0509. The first-order chi connectivity index (χ1) is 6.68. The van der Waals surface area contributed by atoms with Gasteiger partial charge in [-0.05, 0) is 18.9 Å². The van der Waals surface area contributed by atoms with Crippen LogP contribution in [0.1, 0.15) is 29.9 Å². The summed E-state index contributed by atoms with van der Waals surface area (Å²) in [5.41, 5.74) is -0.0908. The minimum absolute atomic E-state index is 0.0908. The smallest absolute Gasteiger partial charge is 0.333 e. The maximum Gasteiger partial charge on any atom is 0.333 e. The molecule has 1 N–H and O–H groups in total. The molecular weight excluding hydrogens is 192 g/mol. The van der Waals surface area contributed by atoms with Crippen molar-refractivity contribution in [1.29, 1.82) is 0 Å². The number of nitrogens with zero attached hydrogens (tertiary/aromatic N) is 2. The van der Waals surface area contributed by atoms with Gasteiger partial charge in [-0.1, -0.05) is 0 Å². The maximum atomic E-state index is 12.3. The van der Waals surface area contributed by atoms with Gasteiger partial charge < -0.3 is 5.32 Å². The molecule has 0 spiro atoms. The molecule has 0 radical (unpaired) electrons. The molecular formula is C8H9F2N3O. The van der Waals surface area contributed by atoms with Gasteiger partial charge in [0.15, 0.2) is 0 Å². The Balaban J connectivity index is 2.13. The van der Waals surface area contributed by atoms with E-state index < -0.39 is 12.5 Å². The highest BCUT2D eigenvalue weighted by atomic mass is 19.3. The Labute approximate surface area is 78.9 Å². The van der Waals surface area contributed by atoms with Crippen LogP contribution in [0.2, 0.25) is 0 Å². The predicted octanol–water partition coefficient (Wildman–Crippen LogP) is 1.17. The zero-order valence-electron chi connectivity index (χ0n) is 7.28. The van der Waals surface area contributed by atoms with Gasteiger partial charge >= 0.3 is 6.55 Å². The molecule has 1 amide bonds. The normalized spacial score (nSPS) is 15.9. The summed E-state index contributed by atoms with van der Waals surface area (Å²) >= 11 is 0. The summed E-state index contributed by atoms with van der Waals surface area (Å²) < 4.78 is 25.0. The lowest BCUT2D eigenvalue weighted by Gasteiger charge is -2.05. The van der Waals surface area contributed by atoms with E-state index in [1.54, 1.807) is 0 Å². The van der Waals surface area contributed by atoms with Crippen LogP contribution >= 0.6 is 0 Å². The van der Waals surface area contributed by atoms with Crippen molar-refractivity contribution in [2.24, 2.45) is 0 Å². The van der Waals surface area contributed by atoms with Crippen LogP contribution in [0, 0.1) is 0 Å². The summed E-state index contributed by atoms with van der Waals surface area (Å²) in [5, 5.41) is 5.99. The van der Waals surface area contributed by atoms with Gasteiger partial charge in [-0.25, -0.2) is 0 Å². The van der Waals surface area contributed by atoms with Crippen LogP contribution in [0.4, 0.5) is 8.78 Å². The van der Waals surface area contributed by atoms with Crippen molar-refractivity contribution in [3.05, 3.63) is 18.0 Å². The molecule has 1 aromatic heterocycles. The molecule has 1 aliphatic rings. The highest BCUT2D eigenvalue weighted by Gasteiger charge is 2.26. The molecule has 0 aliphatic heterocycles. The fraction of sp³-hybridized carbons (Fsp3) is 0.500. The first-order valence-electron chi connectivity index (χ1n) is 4.31. The van der Waals surface area contributed by atoms with Crippen molar-refractivity contribution in [2.75, 3.05) is 0 Å². The lowest BCUT2D eigenvalue weighted by atomic mass is 10.4. The molecule has 0 atom stereocenters. The monoisotopic (exact) mass is 201 g/mol. The van der Waals surface area contributed by atoms with E-state index in [0.717, 1.165) is 12.8 Å². The number of halogens is 2. The fourth-order valence-corrected chi connectivity index (χ4v) is 1.14. The topological polar surface area (TPSA) is 46.9 Å². The Hall–Kier alpha value is -1.46. The van der Waals surface area contributed by atoms with Gasteiger partial charge in [-0.3, -0.25) is 4.79 Å². The van der Waals surface area contributed by atoms with E-state index in [-0.39, 0.29) is 11.7 Å². The number of hydrogen-bond donors (Lipinski definition) is 1. The Kier molecular flexibility index (Phi) is 2.18. The molecule has 2 rings (SSSR count). The minimum Gasteiger partial charge on any atom is -0.348 e. The van der Waals surface area contributed by atoms with Crippen LogP contribution in [-0.4, -0.2) is 21.7 Å². The Bertz CT molecular complexity index is 346. The van der Waals surface area contributed by atoms with E-state index in [1.165, 1.54) is 12.3 Å². The van der Waals surface area contributed by atoms with Crippen molar-refractivity contribution in [3.63, 3.8) is 0 Å². The zero-order chi connectivity index (χ0) is 10.1. The number of carbonyl (C=O) groups is 1. The van der Waals surface area contributed by atoms with Crippen LogP contribution in [0.15, 0.2) is 12.3 Å². The van der Waals surface area contributed by atoms with Crippen LogP contribution in [0.5, 0.6) is 0 Å². The number of hydrogen-bond acceptors (Lipinski definition) is 2. The number of aromatic nitrogens is 2. The van der Waals surface area contributed by atoms with E-state index in [9.17, 15) is 13.6 Å². The zero-order valence-corrected chi connectivity index (χ0v) is 7.28. The first-order valence-corrected chi connectivity index (χ1v) is 4.31.